The smallest absolute Gasteiger partial charge is 0.223 e. The van der Waals surface area contributed by atoms with Gasteiger partial charge in [0.05, 0.1) is 6.54 Å². The Balaban J connectivity index is 1.60. The maximum Gasteiger partial charge on any atom is 0.223 e. The number of carbonyl (C=O) groups is 1. The Morgan fingerprint density at radius 1 is 1.33 bits per heavy atom. The lowest BCUT2D eigenvalue weighted by Gasteiger charge is -2.48. The van der Waals surface area contributed by atoms with Gasteiger partial charge in [-0.1, -0.05) is 5.16 Å². The average Bonchev–Trinajstić information content (AvgIpc) is 2.96. The van der Waals surface area contributed by atoms with Crippen molar-refractivity contribution in [2.75, 3.05) is 39.9 Å². The molecule has 1 aromatic rings. The molecule has 2 aliphatic heterocycles. The fourth-order valence-corrected chi connectivity index (χ4v) is 4.09. The van der Waals surface area contributed by atoms with Crippen LogP contribution in [-0.4, -0.2) is 65.7 Å². The van der Waals surface area contributed by atoms with Gasteiger partial charge in [0.25, 0.3) is 0 Å². The maximum atomic E-state index is 12.2. The van der Waals surface area contributed by atoms with Crippen LogP contribution in [-0.2, 0) is 16.1 Å². The number of hydrogen-bond acceptors (Lipinski definition) is 6. The summed E-state index contributed by atoms with van der Waals surface area (Å²) < 4.78 is 10.2. The van der Waals surface area contributed by atoms with Gasteiger partial charge < -0.3 is 14.2 Å². The first-order chi connectivity index (χ1) is 11.6. The average molecular weight is 336 g/mol. The lowest BCUT2D eigenvalue weighted by Crippen LogP contribution is -2.54. The highest BCUT2D eigenvalue weighted by molar-refractivity contribution is 5.77. The Labute approximate surface area is 143 Å². The minimum atomic E-state index is 0.220. The number of hydrogen-bond donors (Lipinski definition) is 0. The van der Waals surface area contributed by atoms with Crippen molar-refractivity contribution in [1.29, 1.82) is 0 Å². The molecule has 1 amide bonds. The zero-order valence-electron chi connectivity index (χ0n) is 14.8. The van der Waals surface area contributed by atoms with Gasteiger partial charge in [0.15, 0.2) is 5.82 Å². The summed E-state index contributed by atoms with van der Waals surface area (Å²) in [5.41, 5.74) is 0.220. The van der Waals surface area contributed by atoms with E-state index in [0.717, 1.165) is 57.8 Å². The van der Waals surface area contributed by atoms with Crippen molar-refractivity contribution in [2.45, 2.75) is 45.6 Å². The second-order valence-electron chi connectivity index (χ2n) is 7.21. The van der Waals surface area contributed by atoms with Crippen LogP contribution < -0.4 is 0 Å². The fraction of sp³-hybridized carbons (Fsp3) is 0.824. The van der Waals surface area contributed by atoms with Crippen molar-refractivity contribution in [3.05, 3.63) is 11.7 Å². The summed E-state index contributed by atoms with van der Waals surface area (Å²) in [4.78, 5) is 21.0. The Morgan fingerprint density at radius 3 is 2.96 bits per heavy atom. The molecule has 0 aromatic carbocycles. The Bertz CT molecular complexity index is 562. The number of ether oxygens (including phenoxy) is 1. The summed E-state index contributed by atoms with van der Waals surface area (Å²) in [7, 11) is 1.71. The molecule has 2 aliphatic rings. The molecule has 7 nitrogen and oxygen atoms in total. The third-order valence-electron chi connectivity index (χ3n) is 5.20. The van der Waals surface area contributed by atoms with E-state index in [9.17, 15) is 4.79 Å². The van der Waals surface area contributed by atoms with E-state index >= 15 is 0 Å². The van der Waals surface area contributed by atoms with Gasteiger partial charge in [-0.2, -0.15) is 4.98 Å². The topological polar surface area (TPSA) is 71.7 Å². The molecule has 0 bridgehead atoms. The Hall–Kier alpha value is -1.47. The number of likely N-dealkylation sites (tertiary alicyclic amines) is 2. The fourth-order valence-electron chi connectivity index (χ4n) is 4.09. The lowest BCUT2D eigenvalue weighted by molar-refractivity contribution is -0.139. The van der Waals surface area contributed by atoms with Crippen LogP contribution in [0.25, 0.3) is 0 Å². The van der Waals surface area contributed by atoms with Crippen LogP contribution in [0.5, 0.6) is 0 Å². The van der Waals surface area contributed by atoms with E-state index in [1.807, 2.05) is 11.8 Å². The predicted octanol–water partition coefficient (Wildman–Crippen LogP) is 1.62. The molecule has 0 radical (unpaired) electrons. The summed E-state index contributed by atoms with van der Waals surface area (Å²) in [6.45, 7) is 7.01. The van der Waals surface area contributed by atoms with Crippen LogP contribution in [0.4, 0.5) is 0 Å². The van der Waals surface area contributed by atoms with Gasteiger partial charge in [0, 0.05) is 52.1 Å². The number of methoxy groups -OCH3 is 1. The number of carbonyl (C=O) groups excluding carboxylic acids is 1. The van der Waals surface area contributed by atoms with Crippen LogP contribution >= 0.6 is 0 Å². The molecule has 7 heteroatoms. The second-order valence-corrected chi connectivity index (χ2v) is 7.21. The minimum Gasteiger partial charge on any atom is -0.385 e. The van der Waals surface area contributed by atoms with Crippen molar-refractivity contribution in [3.63, 3.8) is 0 Å². The standard InChI is InChI=1S/C17H28N4O3/c1-14-18-15(19-24-14)11-20-8-3-6-17(12-20)7-5-16(22)21(13-17)9-4-10-23-2/h3-13H2,1-2H3. The Morgan fingerprint density at radius 2 is 2.21 bits per heavy atom. The van der Waals surface area contributed by atoms with E-state index in [1.165, 1.54) is 6.42 Å². The highest BCUT2D eigenvalue weighted by atomic mass is 16.5. The molecule has 0 aliphatic carbocycles. The monoisotopic (exact) mass is 336 g/mol. The minimum absolute atomic E-state index is 0.220. The number of nitrogens with zero attached hydrogens (tertiary/aromatic N) is 4. The van der Waals surface area contributed by atoms with E-state index in [1.54, 1.807) is 7.11 Å². The van der Waals surface area contributed by atoms with Gasteiger partial charge in [-0.15, -0.1) is 0 Å². The van der Waals surface area contributed by atoms with Crippen molar-refractivity contribution in [2.24, 2.45) is 5.41 Å². The molecule has 0 saturated carbocycles. The number of amides is 1. The van der Waals surface area contributed by atoms with Crippen molar-refractivity contribution in [3.8, 4) is 0 Å². The van der Waals surface area contributed by atoms with Crippen molar-refractivity contribution in [1.82, 2.24) is 19.9 Å². The molecule has 3 heterocycles. The van der Waals surface area contributed by atoms with Crippen LogP contribution in [0.15, 0.2) is 4.52 Å². The molecule has 2 fully saturated rings. The first kappa shape index (κ1) is 17.4. The number of aromatic nitrogens is 2. The molecule has 1 aromatic heterocycles. The number of rotatable bonds is 6. The van der Waals surface area contributed by atoms with Crippen molar-refractivity contribution >= 4 is 5.91 Å². The molecule has 24 heavy (non-hydrogen) atoms. The van der Waals surface area contributed by atoms with Gasteiger partial charge in [0.1, 0.15) is 0 Å². The van der Waals surface area contributed by atoms with E-state index in [-0.39, 0.29) is 5.41 Å². The third-order valence-corrected chi connectivity index (χ3v) is 5.20. The quantitative estimate of drug-likeness (QED) is 0.735. The van der Waals surface area contributed by atoms with Gasteiger partial charge in [-0.25, -0.2) is 0 Å². The van der Waals surface area contributed by atoms with Gasteiger partial charge in [-0.05, 0) is 32.2 Å². The van der Waals surface area contributed by atoms with E-state index in [2.05, 4.69) is 15.0 Å². The van der Waals surface area contributed by atoms with E-state index < -0.39 is 0 Å². The molecule has 1 unspecified atom stereocenters. The maximum absolute atomic E-state index is 12.2. The van der Waals surface area contributed by atoms with Gasteiger partial charge in [0.2, 0.25) is 11.8 Å². The summed E-state index contributed by atoms with van der Waals surface area (Å²) in [5, 5.41) is 4.01. The first-order valence-electron chi connectivity index (χ1n) is 8.88. The summed E-state index contributed by atoms with van der Waals surface area (Å²) >= 11 is 0. The zero-order valence-corrected chi connectivity index (χ0v) is 14.8. The molecule has 0 N–H and O–H groups in total. The van der Waals surface area contributed by atoms with Crippen LogP contribution in [0.2, 0.25) is 0 Å². The molecule has 134 valence electrons. The van der Waals surface area contributed by atoms with Gasteiger partial charge in [-0.3, -0.25) is 9.69 Å². The largest absolute Gasteiger partial charge is 0.385 e. The summed E-state index contributed by atoms with van der Waals surface area (Å²) in [6, 6.07) is 0. The van der Waals surface area contributed by atoms with Crippen LogP contribution in [0.3, 0.4) is 0 Å². The van der Waals surface area contributed by atoms with Crippen LogP contribution in [0, 0.1) is 12.3 Å². The molecule has 2 saturated heterocycles. The predicted molar refractivity (Wildman–Crippen MR) is 88.3 cm³/mol. The SMILES string of the molecule is COCCCN1CC2(CCCN(Cc3noc(C)n3)C2)CCC1=O. The highest BCUT2D eigenvalue weighted by Gasteiger charge is 2.41. The van der Waals surface area contributed by atoms with E-state index in [0.29, 0.717) is 24.8 Å². The lowest BCUT2D eigenvalue weighted by atomic mass is 9.73. The summed E-state index contributed by atoms with van der Waals surface area (Å²) in [5.74, 6) is 1.67. The molecular weight excluding hydrogens is 308 g/mol. The van der Waals surface area contributed by atoms with Crippen LogP contribution in [0.1, 0.15) is 43.8 Å². The third kappa shape index (κ3) is 4.13. The molecule has 1 atom stereocenters. The van der Waals surface area contributed by atoms with Crippen molar-refractivity contribution < 1.29 is 14.1 Å². The molecule has 1 spiro atoms. The number of piperidine rings is 2. The molecular formula is C17H28N4O3. The first-order valence-corrected chi connectivity index (χ1v) is 8.88. The summed E-state index contributed by atoms with van der Waals surface area (Å²) in [6.07, 6.45) is 4.93. The number of aryl methyl sites for hydroxylation is 1. The van der Waals surface area contributed by atoms with E-state index in [4.69, 9.17) is 9.26 Å². The highest BCUT2D eigenvalue weighted by Crippen LogP contribution is 2.39. The molecule has 3 rings (SSSR count). The zero-order chi connectivity index (χ0) is 17.0. The Kier molecular flexibility index (Phi) is 5.50. The normalized spacial score (nSPS) is 25.6. The second kappa shape index (κ2) is 7.61. The van der Waals surface area contributed by atoms with Gasteiger partial charge >= 0.3 is 0 Å².